The molecule has 0 aliphatic carbocycles. The van der Waals surface area contributed by atoms with Crippen molar-refractivity contribution in [1.82, 2.24) is 19.4 Å². The minimum atomic E-state index is -0.830. The molecule has 1 N–H and O–H groups in total. The Bertz CT molecular complexity index is 1090. The van der Waals surface area contributed by atoms with Crippen LogP contribution in [0.25, 0.3) is 10.9 Å². The molecule has 29 heavy (non-hydrogen) atoms. The van der Waals surface area contributed by atoms with E-state index >= 15 is 0 Å². The van der Waals surface area contributed by atoms with Gasteiger partial charge in [-0.1, -0.05) is 18.2 Å². The number of ether oxygens (including phenoxy) is 1. The molecule has 2 aliphatic heterocycles. The number of aromatic nitrogens is 3. The molecule has 1 aromatic carbocycles. The first-order valence-electron chi connectivity index (χ1n) is 9.96. The lowest BCUT2D eigenvalue weighted by Crippen LogP contribution is -2.40. The predicted octanol–water partition coefficient (Wildman–Crippen LogP) is 2.50. The molecule has 1 fully saturated rings. The SMILES string of the molecule is Cc1ncc2c(n1)[C@@]1(CCN(Cc3cn(CC(=O)O)c4ccccc34)C1)COC2. The van der Waals surface area contributed by atoms with Crippen LogP contribution in [0.2, 0.25) is 0 Å². The smallest absolute Gasteiger partial charge is 0.323 e. The van der Waals surface area contributed by atoms with Crippen LogP contribution in [0.3, 0.4) is 0 Å². The van der Waals surface area contributed by atoms with Gasteiger partial charge in [-0.05, 0) is 31.5 Å². The Kier molecular flexibility index (Phi) is 4.37. The van der Waals surface area contributed by atoms with Crippen LogP contribution in [0.5, 0.6) is 0 Å². The number of para-hydroxylation sites is 1. The minimum Gasteiger partial charge on any atom is -0.480 e. The van der Waals surface area contributed by atoms with Gasteiger partial charge in [0.1, 0.15) is 12.4 Å². The Morgan fingerprint density at radius 2 is 2.21 bits per heavy atom. The van der Waals surface area contributed by atoms with Gasteiger partial charge in [-0.25, -0.2) is 9.97 Å². The number of rotatable bonds is 4. The van der Waals surface area contributed by atoms with Gasteiger partial charge >= 0.3 is 5.97 Å². The molecule has 5 rings (SSSR count). The zero-order chi connectivity index (χ0) is 20.0. The van der Waals surface area contributed by atoms with Gasteiger partial charge in [0, 0.05) is 41.9 Å². The highest BCUT2D eigenvalue weighted by Crippen LogP contribution is 2.39. The molecule has 7 nitrogen and oxygen atoms in total. The van der Waals surface area contributed by atoms with Crippen molar-refractivity contribution in [2.45, 2.75) is 38.5 Å². The summed E-state index contributed by atoms with van der Waals surface area (Å²) in [6, 6.07) is 8.02. The zero-order valence-electron chi connectivity index (χ0n) is 16.5. The zero-order valence-corrected chi connectivity index (χ0v) is 16.5. The van der Waals surface area contributed by atoms with E-state index in [0.717, 1.165) is 59.6 Å². The molecule has 0 unspecified atom stereocenters. The van der Waals surface area contributed by atoms with Crippen LogP contribution in [0.15, 0.2) is 36.7 Å². The van der Waals surface area contributed by atoms with Gasteiger partial charge in [-0.2, -0.15) is 0 Å². The van der Waals surface area contributed by atoms with Crippen LogP contribution in [-0.2, 0) is 34.6 Å². The third kappa shape index (κ3) is 3.20. The fourth-order valence-corrected chi connectivity index (χ4v) is 4.86. The number of hydrogen-bond donors (Lipinski definition) is 1. The highest BCUT2D eigenvalue weighted by Gasteiger charge is 2.44. The quantitative estimate of drug-likeness (QED) is 0.735. The van der Waals surface area contributed by atoms with Crippen LogP contribution in [0.1, 0.15) is 29.1 Å². The Labute approximate surface area is 168 Å². The number of benzene rings is 1. The van der Waals surface area contributed by atoms with Crippen LogP contribution < -0.4 is 0 Å². The second-order valence-electron chi connectivity index (χ2n) is 8.22. The molecule has 0 saturated carbocycles. The number of nitrogens with zero attached hydrogens (tertiary/aromatic N) is 4. The van der Waals surface area contributed by atoms with Crippen LogP contribution >= 0.6 is 0 Å². The van der Waals surface area contributed by atoms with E-state index in [2.05, 4.69) is 16.0 Å². The normalized spacial score (nSPS) is 21.7. The lowest BCUT2D eigenvalue weighted by atomic mass is 9.80. The molecule has 1 atom stereocenters. The molecule has 3 aromatic rings. The average molecular weight is 392 g/mol. The molecule has 1 saturated heterocycles. The maximum Gasteiger partial charge on any atom is 0.323 e. The van der Waals surface area contributed by atoms with Gasteiger partial charge in [0.15, 0.2) is 0 Å². The lowest BCUT2D eigenvalue weighted by Gasteiger charge is -2.34. The van der Waals surface area contributed by atoms with Crippen molar-refractivity contribution >= 4 is 16.9 Å². The summed E-state index contributed by atoms with van der Waals surface area (Å²) in [5, 5.41) is 10.4. The number of aliphatic carboxylic acids is 1. The fraction of sp³-hybridized carbons (Fsp3) is 0.409. The van der Waals surface area contributed by atoms with E-state index in [0.29, 0.717) is 13.2 Å². The maximum atomic E-state index is 11.3. The number of fused-ring (bicyclic) bond motifs is 3. The summed E-state index contributed by atoms with van der Waals surface area (Å²) < 4.78 is 7.74. The Morgan fingerprint density at radius 1 is 1.34 bits per heavy atom. The van der Waals surface area contributed by atoms with Gasteiger partial charge in [0.2, 0.25) is 0 Å². The largest absolute Gasteiger partial charge is 0.480 e. The second-order valence-corrected chi connectivity index (χ2v) is 8.22. The number of carboxylic acid groups (broad SMARTS) is 1. The average Bonchev–Trinajstić information content (AvgIpc) is 3.25. The van der Waals surface area contributed by atoms with E-state index in [1.807, 2.05) is 42.1 Å². The summed E-state index contributed by atoms with van der Waals surface area (Å²) >= 11 is 0. The van der Waals surface area contributed by atoms with Crippen molar-refractivity contribution in [1.29, 1.82) is 0 Å². The molecule has 7 heteroatoms. The second kappa shape index (κ2) is 6.93. The third-order valence-electron chi connectivity index (χ3n) is 6.13. The van der Waals surface area contributed by atoms with Crippen molar-refractivity contribution < 1.29 is 14.6 Å². The van der Waals surface area contributed by atoms with Crippen molar-refractivity contribution in [3.05, 3.63) is 59.3 Å². The summed E-state index contributed by atoms with van der Waals surface area (Å²) in [7, 11) is 0. The predicted molar refractivity (Wildman–Crippen MR) is 108 cm³/mol. The fourth-order valence-electron chi connectivity index (χ4n) is 4.86. The van der Waals surface area contributed by atoms with Crippen LogP contribution in [-0.4, -0.2) is 50.2 Å². The van der Waals surface area contributed by atoms with E-state index in [1.54, 1.807) is 0 Å². The van der Waals surface area contributed by atoms with Gasteiger partial charge in [0.25, 0.3) is 0 Å². The first-order valence-corrected chi connectivity index (χ1v) is 9.96. The van der Waals surface area contributed by atoms with Gasteiger partial charge in [-0.3, -0.25) is 9.69 Å². The van der Waals surface area contributed by atoms with Crippen LogP contribution in [0, 0.1) is 6.92 Å². The number of hydrogen-bond acceptors (Lipinski definition) is 5. The van der Waals surface area contributed by atoms with E-state index < -0.39 is 5.97 Å². The molecule has 0 radical (unpaired) electrons. The van der Waals surface area contributed by atoms with E-state index in [4.69, 9.17) is 9.72 Å². The molecular weight excluding hydrogens is 368 g/mol. The lowest BCUT2D eigenvalue weighted by molar-refractivity contribution is -0.137. The molecule has 2 aromatic heterocycles. The molecule has 4 heterocycles. The third-order valence-corrected chi connectivity index (χ3v) is 6.13. The topological polar surface area (TPSA) is 80.5 Å². The van der Waals surface area contributed by atoms with Crippen molar-refractivity contribution in [2.24, 2.45) is 0 Å². The summed E-state index contributed by atoms with van der Waals surface area (Å²) in [5.41, 5.74) is 4.29. The molecule has 150 valence electrons. The summed E-state index contributed by atoms with van der Waals surface area (Å²) in [6.45, 7) is 5.82. The number of carbonyl (C=O) groups is 1. The standard InChI is InChI=1S/C22H24N4O3/c1-15-23-8-16-12-29-14-22(21(16)24-15)6-7-25(13-22)9-17-10-26(11-20(27)28)19-5-3-2-4-18(17)19/h2-5,8,10H,6-7,9,11-14H2,1H3,(H,27,28)/t22-/m1/s1. The highest BCUT2D eigenvalue weighted by molar-refractivity contribution is 5.85. The van der Waals surface area contributed by atoms with E-state index in [1.165, 1.54) is 0 Å². The number of carboxylic acids is 1. The maximum absolute atomic E-state index is 11.3. The Hall–Kier alpha value is -2.77. The molecule has 1 spiro atoms. The Morgan fingerprint density at radius 3 is 3.07 bits per heavy atom. The molecule has 0 bridgehead atoms. The number of likely N-dealkylation sites (tertiary alicyclic amines) is 1. The Balaban J connectivity index is 1.43. The number of aryl methyl sites for hydroxylation is 1. The van der Waals surface area contributed by atoms with Gasteiger partial charge in [-0.15, -0.1) is 0 Å². The highest BCUT2D eigenvalue weighted by atomic mass is 16.5. The van der Waals surface area contributed by atoms with Gasteiger partial charge < -0.3 is 14.4 Å². The monoisotopic (exact) mass is 392 g/mol. The van der Waals surface area contributed by atoms with Crippen LogP contribution in [0.4, 0.5) is 0 Å². The molecule has 2 aliphatic rings. The van der Waals surface area contributed by atoms with E-state index in [9.17, 15) is 9.90 Å². The first-order chi connectivity index (χ1) is 14.0. The summed E-state index contributed by atoms with van der Waals surface area (Å²) in [4.78, 5) is 22.8. The molecular formula is C22H24N4O3. The summed E-state index contributed by atoms with van der Waals surface area (Å²) in [6.07, 6.45) is 4.90. The first kappa shape index (κ1) is 18.3. The van der Waals surface area contributed by atoms with Crippen molar-refractivity contribution in [3.63, 3.8) is 0 Å². The van der Waals surface area contributed by atoms with Crippen molar-refractivity contribution in [2.75, 3.05) is 19.7 Å². The van der Waals surface area contributed by atoms with Gasteiger partial charge in [0.05, 0.1) is 24.3 Å². The summed E-state index contributed by atoms with van der Waals surface area (Å²) in [5.74, 6) is -0.0244. The van der Waals surface area contributed by atoms with Crippen molar-refractivity contribution in [3.8, 4) is 0 Å². The molecule has 0 amide bonds. The minimum absolute atomic E-state index is 0.0259. The van der Waals surface area contributed by atoms with E-state index in [-0.39, 0.29) is 12.0 Å².